The first kappa shape index (κ1) is 19.2. The zero-order chi connectivity index (χ0) is 21.5. The van der Waals surface area contributed by atoms with Gasteiger partial charge in [0.25, 0.3) is 12.2 Å². The molecule has 0 aliphatic carbocycles. The highest BCUT2D eigenvalue weighted by Crippen LogP contribution is 2.31. The molecule has 0 fully saturated rings. The Bertz CT molecular complexity index is 1400. The SMILES string of the molecule is CN(c1ccnc(-c2ccc(C(F)F)nc2)n1)c1nc2nncn2c2cc(Cl)ccc12. The van der Waals surface area contributed by atoms with Crippen LogP contribution in [0.25, 0.3) is 28.1 Å². The minimum atomic E-state index is -2.63. The fourth-order valence-corrected chi connectivity index (χ4v) is 3.40. The summed E-state index contributed by atoms with van der Waals surface area (Å²) in [6.07, 6.45) is 1.86. The van der Waals surface area contributed by atoms with Gasteiger partial charge >= 0.3 is 0 Å². The van der Waals surface area contributed by atoms with Gasteiger partial charge in [-0.1, -0.05) is 11.6 Å². The lowest BCUT2D eigenvalue weighted by Gasteiger charge is -2.20. The summed E-state index contributed by atoms with van der Waals surface area (Å²) in [5.74, 6) is 1.92. The Balaban J connectivity index is 1.60. The van der Waals surface area contributed by atoms with Gasteiger partial charge in [-0.25, -0.2) is 18.7 Å². The van der Waals surface area contributed by atoms with Gasteiger partial charge in [-0.3, -0.25) is 9.38 Å². The molecule has 0 amide bonds. The van der Waals surface area contributed by atoms with E-state index in [0.29, 0.717) is 33.8 Å². The Morgan fingerprint density at radius 3 is 2.71 bits per heavy atom. The van der Waals surface area contributed by atoms with E-state index < -0.39 is 6.43 Å². The predicted octanol–water partition coefficient (Wildman–Crippen LogP) is 4.49. The molecule has 0 saturated carbocycles. The third kappa shape index (κ3) is 3.40. The van der Waals surface area contributed by atoms with Gasteiger partial charge in [-0.05, 0) is 36.4 Å². The van der Waals surface area contributed by atoms with Crippen molar-refractivity contribution < 1.29 is 8.78 Å². The third-order valence-corrected chi connectivity index (χ3v) is 5.00. The highest BCUT2D eigenvalue weighted by molar-refractivity contribution is 6.31. The average Bonchev–Trinajstić information content (AvgIpc) is 3.27. The van der Waals surface area contributed by atoms with Crippen LogP contribution in [0.3, 0.4) is 0 Å². The monoisotopic (exact) mass is 438 g/mol. The molecule has 1 aromatic carbocycles. The molecule has 154 valence electrons. The summed E-state index contributed by atoms with van der Waals surface area (Å²) in [5, 5.41) is 9.38. The molecule has 4 heterocycles. The van der Waals surface area contributed by atoms with Crippen molar-refractivity contribution in [3.63, 3.8) is 0 Å². The average molecular weight is 439 g/mol. The number of alkyl halides is 2. The molecule has 0 saturated heterocycles. The summed E-state index contributed by atoms with van der Waals surface area (Å²) >= 11 is 6.19. The number of aromatic nitrogens is 7. The van der Waals surface area contributed by atoms with E-state index in [1.54, 1.807) is 34.0 Å². The maximum atomic E-state index is 12.8. The number of nitrogens with zero attached hydrogens (tertiary/aromatic N) is 8. The lowest BCUT2D eigenvalue weighted by Crippen LogP contribution is -2.15. The molecule has 8 nitrogen and oxygen atoms in total. The number of hydrogen-bond acceptors (Lipinski definition) is 7. The van der Waals surface area contributed by atoms with Crippen molar-refractivity contribution in [1.82, 2.24) is 34.5 Å². The molecule has 0 bridgehead atoms. The maximum Gasteiger partial charge on any atom is 0.280 e. The molecular weight excluding hydrogens is 426 g/mol. The van der Waals surface area contributed by atoms with Crippen LogP contribution in [0.1, 0.15) is 12.1 Å². The predicted molar refractivity (Wildman–Crippen MR) is 112 cm³/mol. The van der Waals surface area contributed by atoms with Crippen LogP contribution in [0.5, 0.6) is 0 Å². The first-order chi connectivity index (χ1) is 15.0. The molecular formula is C20H13ClF2N8. The normalized spacial score (nSPS) is 11.5. The summed E-state index contributed by atoms with van der Waals surface area (Å²) < 4.78 is 27.3. The second kappa shape index (κ2) is 7.47. The minimum Gasteiger partial charge on any atom is -0.313 e. The van der Waals surface area contributed by atoms with Crippen molar-refractivity contribution in [3.05, 3.63) is 65.8 Å². The van der Waals surface area contributed by atoms with Gasteiger partial charge in [0.15, 0.2) is 5.82 Å². The van der Waals surface area contributed by atoms with E-state index in [-0.39, 0.29) is 5.69 Å². The van der Waals surface area contributed by atoms with Crippen LogP contribution in [0.4, 0.5) is 20.4 Å². The van der Waals surface area contributed by atoms with E-state index in [1.807, 2.05) is 19.2 Å². The van der Waals surface area contributed by atoms with Crippen LogP contribution in [0, 0.1) is 0 Å². The quantitative estimate of drug-likeness (QED) is 0.408. The highest BCUT2D eigenvalue weighted by Gasteiger charge is 2.17. The molecule has 0 aliphatic heterocycles. The Morgan fingerprint density at radius 2 is 1.94 bits per heavy atom. The number of rotatable bonds is 4. The largest absolute Gasteiger partial charge is 0.313 e. The smallest absolute Gasteiger partial charge is 0.280 e. The molecule has 31 heavy (non-hydrogen) atoms. The first-order valence-electron chi connectivity index (χ1n) is 9.11. The summed E-state index contributed by atoms with van der Waals surface area (Å²) in [5.41, 5.74) is 1.02. The molecule has 0 radical (unpaired) electrons. The Kier molecular flexibility index (Phi) is 4.63. The second-order valence-corrected chi connectivity index (χ2v) is 7.10. The van der Waals surface area contributed by atoms with Crippen molar-refractivity contribution in [3.8, 4) is 11.4 Å². The Labute approximate surface area is 179 Å². The number of anilines is 2. The number of halogens is 3. The van der Waals surface area contributed by atoms with E-state index in [4.69, 9.17) is 11.6 Å². The van der Waals surface area contributed by atoms with Gasteiger partial charge in [0.2, 0.25) is 0 Å². The summed E-state index contributed by atoms with van der Waals surface area (Å²) in [7, 11) is 1.81. The van der Waals surface area contributed by atoms with Gasteiger partial charge in [0.05, 0.1) is 5.52 Å². The molecule has 0 aliphatic rings. The van der Waals surface area contributed by atoms with E-state index in [2.05, 4.69) is 30.1 Å². The number of benzene rings is 1. The highest BCUT2D eigenvalue weighted by atomic mass is 35.5. The van der Waals surface area contributed by atoms with E-state index in [1.165, 1.54) is 18.3 Å². The Morgan fingerprint density at radius 1 is 1.06 bits per heavy atom. The van der Waals surface area contributed by atoms with Crippen LogP contribution in [-0.4, -0.2) is 41.6 Å². The topological polar surface area (TPSA) is 85.0 Å². The molecule has 0 unspecified atom stereocenters. The second-order valence-electron chi connectivity index (χ2n) is 6.67. The molecule has 5 rings (SSSR count). The molecule has 0 atom stereocenters. The molecule has 4 aromatic heterocycles. The maximum absolute atomic E-state index is 12.8. The number of pyridine rings is 1. The van der Waals surface area contributed by atoms with Crippen molar-refractivity contribution in [1.29, 1.82) is 0 Å². The van der Waals surface area contributed by atoms with Crippen LogP contribution >= 0.6 is 11.6 Å². The van der Waals surface area contributed by atoms with Crippen LogP contribution < -0.4 is 4.90 Å². The van der Waals surface area contributed by atoms with Crippen molar-refractivity contribution in [2.75, 3.05) is 11.9 Å². The van der Waals surface area contributed by atoms with Gasteiger partial charge in [0.1, 0.15) is 23.7 Å². The zero-order valence-electron chi connectivity index (χ0n) is 16.0. The van der Waals surface area contributed by atoms with E-state index in [0.717, 1.165) is 10.9 Å². The summed E-state index contributed by atoms with van der Waals surface area (Å²) in [6.45, 7) is 0. The summed E-state index contributed by atoms with van der Waals surface area (Å²) in [6, 6.07) is 9.96. The molecule has 11 heteroatoms. The number of hydrogen-bond donors (Lipinski definition) is 0. The van der Waals surface area contributed by atoms with Crippen molar-refractivity contribution in [2.45, 2.75) is 6.43 Å². The lowest BCUT2D eigenvalue weighted by atomic mass is 10.2. The zero-order valence-corrected chi connectivity index (χ0v) is 16.7. The van der Waals surface area contributed by atoms with Crippen LogP contribution in [-0.2, 0) is 0 Å². The lowest BCUT2D eigenvalue weighted by molar-refractivity contribution is 0.146. The number of fused-ring (bicyclic) bond motifs is 3. The van der Waals surface area contributed by atoms with Crippen molar-refractivity contribution in [2.24, 2.45) is 0 Å². The Hall–Kier alpha value is -3.79. The molecule has 0 spiro atoms. The fourth-order valence-electron chi connectivity index (χ4n) is 3.23. The fraction of sp³-hybridized carbons (Fsp3) is 0.100. The van der Waals surface area contributed by atoms with Crippen LogP contribution in [0.2, 0.25) is 5.02 Å². The van der Waals surface area contributed by atoms with Gasteiger partial charge in [-0.15, -0.1) is 10.2 Å². The van der Waals surface area contributed by atoms with Gasteiger partial charge < -0.3 is 4.90 Å². The third-order valence-electron chi connectivity index (χ3n) is 4.77. The van der Waals surface area contributed by atoms with Crippen LogP contribution in [0.15, 0.2) is 55.1 Å². The molecule has 0 N–H and O–H groups in total. The van der Waals surface area contributed by atoms with Gasteiger partial charge in [0, 0.05) is 35.4 Å². The van der Waals surface area contributed by atoms with E-state index >= 15 is 0 Å². The van der Waals surface area contributed by atoms with Crippen molar-refractivity contribution >= 4 is 39.9 Å². The van der Waals surface area contributed by atoms with Gasteiger partial charge in [-0.2, -0.15) is 4.98 Å². The molecule has 5 aromatic rings. The first-order valence-corrected chi connectivity index (χ1v) is 9.49. The standard InChI is InChI=1S/C20H13ClF2N8/c1-30(16-6-7-24-18(27-16)11-2-5-14(17(22)23)25-9-11)19-13-4-3-12(21)8-15(13)31-10-26-29-20(31)28-19/h2-10,17H,1H3. The van der Waals surface area contributed by atoms with E-state index in [9.17, 15) is 8.78 Å². The minimum absolute atomic E-state index is 0.298. The summed E-state index contributed by atoms with van der Waals surface area (Å²) in [4.78, 5) is 19.0.